The molecule has 130 valence electrons. The van der Waals surface area contributed by atoms with Gasteiger partial charge in [-0.1, -0.05) is 22.0 Å². The van der Waals surface area contributed by atoms with E-state index >= 15 is 0 Å². The van der Waals surface area contributed by atoms with Crippen LogP contribution in [0, 0.1) is 0 Å². The summed E-state index contributed by atoms with van der Waals surface area (Å²) in [5.41, 5.74) is 1.30. The summed E-state index contributed by atoms with van der Waals surface area (Å²) >= 11 is 3.42. The lowest BCUT2D eigenvalue weighted by molar-refractivity contribution is 0.0193. The fraction of sp³-hybridized carbons (Fsp3) is 0.556. The molecule has 1 fully saturated rings. The number of halogens is 1. The second-order valence-corrected chi connectivity index (χ2v) is 8.37. The first kappa shape index (κ1) is 17.3. The molecule has 0 bridgehead atoms. The number of likely N-dealkylation sites (tertiary alicyclic amines) is 1. The average molecular weight is 395 g/mol. The lowest BCUT2D eigenvalue weighted by Crippen LogP contribution is -2.45. The summed E-state index contributed by atoms with van der Waals surface area (Å²) in [6.45, 7) is 7.47. The summed E-state index contributed by atoms with van der Waals surface area (Å²) in [5.74, 6) is 0.0438. The van der Waals surface area contributed by atoms with E-state index < -0.39 is 5.60 Å². The van der Waals surface area contributed by atoms with Crippen molar-refractivity contribution < 1.29 is 14.3 Å². The lowest BCUT2D eigenvalue weighted by atomic mass is 10.1. The average Bonchev–Trinajstić information content (AvgIpc) is 3.04. The van der Waals surface area contributed by atoms with Gasteiger partial charge in [0.25, 0.3) is 5.91 Å². The molecule has 0 aromatic heterocycles. The molecule has 24 heavy (non-hydrogen) atoms. The molecule has 6 heteroatoms. The number of rotatable bonds is 2. The molecule has 1 unspecified atom stereocenters. The van der Waals surface area contributed by atoms with Crippen LogP contribution in [0.1, 0.15) is 49.5 Å². The summed E-state index contributed by atoms with van der Waals surface area (Å²) in [7, 11) is 0. The van der Waals surface area contributed by atoms with Gasteiger partial charge in [0.05, 0.1) is 6.04 Å². The van der Waals surface area contributed by atoms with E-state index in [1.165, 1.54) is 0 Å². The van der Waals surface area contributed by atoms with Gasteiger partial charge in [-0.2, -0.15) is 0 Å². The Kier molecular flexibility index (Phi) is 4.60. The normalized spacial score (nSPS) is 20.5. The third-order valence-electron chi connectivity index (χ3n) is 4.39. The van der Waals surface area contributed by atoms with Crippen LogP contribution in [-0.4, -0.2) is 46.5 Å². The second kappa shape index (κ2) is 6.39. The van der Waals surface area contributed by atoms with E-state index in [0.29, 0.717) is 19.6 Å². The monoisotopic (exact) mass is 394 g/mol. The van der Waals surface area contributed by atoms with Crippen molar-refractivity contribution in [2.24, 2.45) is 0 Å². The quantitative estimate of drug-likeness (QED) is 0.766. The van der Waals surface area contributed by atoms with Crippen LogP contribution < -0.4 is 0 Å². The predicted octanol–water partition coefficient (Wildman–Crippen LogP) is 3.80. The molecule has 1 atom stereocenters. The molecule has 2 heterocycles. The fourth-order valence-electron chi connectivity index (χ4n) is 3.32. The van der Waals surface area contributed by atoms with Crippen molar-refractivity contribution in [2.45, 2.75) is 51.8 Å². The minimum absolute atomic E-state index is 0.0292. The van der Waals surface area contributed by atoms with Gasteiger partial charge in [-0.05, 0) is 51.3 Å². The van der Waals surface area contributed by atoms with Gasteiger partial charge >= 0.3 is 6.09 Å². The topological polar surface area (TPSA) is 49.9 Å². The van der Waals surface area contributed by atoms with Crippen molar-refractivity contribution in [2.75, 3.05) is 13.1 Å². The Labute approximate surface area is 151 Å². The summed E-state index contributed by atoms with van der Waals surface area (Å²) in [6.07, 6.45) is 1.57. The highest BCUT2D eigenvalue weighted by Crippen LogP contribution is 2.28. The van der Waals surface area contributed by atoms with E-state index in [2.05, 4.69) is 15.9 Å². The Morgan fingerprint density at radius 2 is 2.12 bits per heavy atom. The minimum Gasteiger partial charge on any atom is -0.444 e. The Morgan fingerprint density at radius 3 is 2.83 bits per heavy atom. The van der Waals surface area contributed by atoms with Crippen LogP contribution >= 0.6 is 15.9 Å². The number of fused-ring (bicyclic) bond motifs is 1. The summed E-state index contributed by atoms with van der Waals surface area (Å²) < 4.78 is 6.41. The number of hydrogen-bond donors (Lipinski definition) is 0. The summed E-state index contributed by atoms with van der Waals surface area (Å²) in [6, 6.07) is 5.84. The molecule has 0 aliphatic carbocycles. The molecule has 2 aliphatic rings. The first-order valence-electron chi connectivity index (χ1n) is 8.32. The molecule has 2 amide bonds. The van der Waals surface area contributed by atoms with Crippen molar-refractivity contribution in [1.82, 2.24) is 9.80 Å². The van der Waals surface area contributed by atoms with Crippen LogP contribution in [0.4, 0.5) is 4.79 Å². The van der Waals surface area contributed by atoms with E-state index in [0.717, 1.165) is 28.4 Å². The van der Waals surface area contributed by atoms with Gasteiger partial charge in [-0.3, -0.25) is 4.79 Å². The van der Waals surface area contributed by atoms with Gasteiger partial charge < -0.3 is 14.5 Å². The van der Waals surface area contributed by atoms with Crippen LogP contribution in [-0.2, 0) is 11.3 Å². The van der Waals surface area contributed by atoms with Gasteiger partial charge in [-0.15, -0.1) is 0 Å². The molecule has 3 rings (SSSR count). The lowest BCUT2D eigenvalue weighted by Gasteiger charge is -2.30. The van der Waals surface area contributed by atoms with Crippen LogP contribution in [0.2, 0.25) is 0 Å². The Hall–Kier alpha value is -1.56. The first-order valence-corrected chi connectivity index (χ1v) is 9.11. The largest absolute Gasteiger partial charge is 0.444 e. The van der Waals surface area contributed by atoms with E-state index in [1.54, 1.807) is 4.90 Å². The summed E-state index contributed by atoms with van der Waals surface area (Å²) in [5, 5.41) is 0. The van der Waals surface area contributed by atoms with Gasteiger partial charge in [0.2, 0.25) is 0 Å². The van der Waals surface area contributed by atoms with Gasteiger partial charge in [0.15, 0.2) is 0 Å². The van der Waals surface area contributed by atoms with Gasteiger partial charge in [-0.25, -0.2) is 4.79 Å². The highest BCUT2D eigenvalue weighted by molar-refractivity contribution is 9.10. The molecular formula is C18H23BrN2O3. The zero-order valence-electron chi connectivity index (χ0n) is 14.3. The fourth-order valence-corrected chi connectivity index (χ4v) is 3.68. The Bertz CT molecular complexity index is 669. The van der Waals surface area contributed by atoms with E-state index in [9.17, 15) is 9.59 Å². The zero-order valence-corrected chi connectivity index (χ0v) is 15.9. The number of carbonyl (C=O) groups is 2. The van der Waals surface area contributed by atoms with Crippen LogP contribution in [0.25, 0.3) is 0 Å². The first-order chi connectivity index (χ1) is 11.2. The summed E-state index contributed by atoms with van der Waals surface area (Å²) in [4.78, 5) is 28.6. The standard InChI is InChI=1S/C18H23BrN2O3/c1-18(2,3)24-17(23)21-8-4-5-14(21)11-20-10-12-6-7-13(19)9-15(12)16(20)22/h6-7,9,14H,4-5,8,10-11H2,1-3H3. The van der Waals surface area contributed by atoms with Gasteiger partial charge in [0.1, 0.15) is 5.60 Å². The predicted molar refractivity (Wildman–Crippen MR) is 94.8 cm³/mol. The molecule has 1 aromatic rings. The van der Waals surface area contributed by atoms with Crippen molar-refractivity contribution >= 4 is 27.9 Å². The van der Waals surface area contributed by atoms with Crippen LogP contribution in [0.5, 0.6) is 0 Å². The molecule has 5 nitrogen and oxygen atoms in total. The van der Waals surface area contributed by atoms with Crippen LogP contribution in [0.15, 0.2) is 22.7 Å². The second-order valence-electron chi connectivity index (χ2n) is 7.46. The third kappa shape index (κ3) is 3.58. The van der Waals surface area contributed by atoms with Crippen LogP contribution in [0.3, 0.4) is 0 Å². The maximum Gasteiger partial charge on any atom is 0.410 e. The van der Waals surface area contributed by atoms with E-state index in [-0.39, 0.29) is 18.0 Å². The number of hydrogen-bond acceptors (Lipinski definition) is 3. The maximum absolute atomic E-state index is 12.6. The zero-order chi connectivity index (χ0) is 17.5. The number of amides is 2. The molecule has 2 aliphatic heterocycles. The molecule has 0 radical (unpaired) electrons. The molecular weight excluding hydrogens is 372 g/mol. The van der Waals surface area contributed by atoms with E-state index in [1.807, 2.05) is 43.9 Å². The highest BCUT2D eigenvalue weighted by atomic mass is 79.9. The number of nitrogens with zero attached hydrogens (tertiary/aromatic N) is 2. The van der Waals surface area contributed by atoms with Crippen molar-refractivity contribution in [3.63, 3.8) is 0 Å². The van der Waals surface area contributed by atoms with E-state index in [4.69, 9.17) is 4.74 Å². The Morgan fingerprint density at radius 1 is 1.38 bits per heavy atom. The third-order valence-corrected chi connectivity index (χ3v) is 4.88. The number of carbonyl (C=O) groups excluding carboxylic acids is 2. The minimum atomic E-state index is -0.504. The molecule has 1 saturated heterocycles. The number of benzene rings is 1. The molecule has 1 aromatic carbocycles. The molecule has 0 saturated carbocycles. The maximum atomic E-state index is 12.6. The smallest absolute Gasteiger partial charge is 0.410 e. The number of ether oxygens (including phenoxy) is 1. The highest BCUT2D eigenvalue weighted by Gasteiger charge is 2.36. The van der Waals surface area contributed by atoms with Gasteiger partial charge in [0, 0.05) is 29.7 Å². The van der Waals surface area contributed by atoms with Crippen molar-refractivity contribution in [3.8, 4) is 0 Å². The molecule has 0 N–H and O–H groups in total. The molecule has 0 spiro atoms. The SMILES string of the molecule is CC(C)(C)OC(=O)N1CCCC1CN1Cc2ccc(Br)cc2C1=O. The van der Waals surface area contributed by atoms with Crippen molar-refractivity contribution in [3.05, 3.63) is 33.8 Å². The van der Waals surface area contributed by atoms with Crippen molar-refractivity contribution in [1.29, 1.82) is 0 Å². The Balaban J connectivity index is 1.68.